The summed E-state index contributed by atoms with van der Waals surface area (Å²) in [6.07, 6.45) is 3.19. The van der Waals surface area contributed by atoms with Crippen molar-refractivity contribution in [2.24, 2.45) is 0 Å². The third-order valence-electron chi connectivity index (χ3n) is 2.04. The van der Waals surface area contributed by atoms with Gasteiger partial charge in [-0.1, -0.05) is 29.8 Å². The summed E-state index contributed by atoms with van der Waals surface area (Å²) in [6.45, 7) is 2.93. The zero-order valence-corrected chi connectivity index (χ0v) is 7.21. The molecule has 1 aromatic rings. The number of hydrogen-bond acceptors (Lipinski definition) is 1. The van der Waals surface area contributed by atoms with Gasteiger partial charge in [0, 0.05) is 12.0 Å². The van der Waals surface area contributed by atoms with E-state index in [4.69, 9.17) is 4.74 Å². The molecular formula is C11H12O. The highest BCUT2D eigenvalue weighted by atomic mass is 16.5. The number of rotatable bonds is 1. The Balaban J connectivity index is 2.28. The van der Waals surface area contributed by atoms with Crippen LogP contribution in [0, 0.1) is 6.92 Å². The minimum absolute atomic E-state index is 0.837. The largest absolute Gasteiger partial charge is 0.493 e. The van der Waals surface area contributed by atoms with E-state index in [-0.39, 0.29) is 0 Å². The molecule has 1 aliphatic rings. The molecule has 0 saturated heterocycles. The van der Waals surface area contributed by atoms with Gasteiger partial charge in [-0.15, -0.1) is 0 Å². The fourth-order valence-corrected chi connectivity index (χ4v) is 1.34. The normalized spacial score (nSPS) is 15.6. The average molecular weight is 160 g/mol. The molecule has 0 atom stereocenters. The Morgan fingerprint density at radius 3 is 2.50 bits per heavy atom. The highest BCUT2D eigenvalue weighted by molar-refractivity contribution is 5.61. The summed E-state index contributed by atoms with van der Waals surface area (Å²) in [6, 6.07) is 8.43. The van der Waals surface area contributed by atoms with Gasteiger partial charge in [0.05, 0.1) is 6.61 Å². The minimum atomic E-state index is 0.837. The molecule has 1 heteroatoms. The maximum atomic E-state index is 5.44. The first-order valence-corrected chi connectivity index (χ1v) is 4.26. The van der Waals surface area contributed by atoms with Crippen LogP contribution in [0.4, 0.5) is 0 Å². The van der Waals surface area contributed by atoms with Gasteiger partial charge in [-0.25, -0.2) is 0 Å². The zero-order chi connectivity index (χ0) is 8.39. The molecule has 0 radical (unpaired) electrons. The van der Waals surface area contributed by atoms with E-state index < -0.39 is 0 Å². The van der Waals surface area contributed by atoms with Crippen molar-refractivity contribution in [2.75, 3.05) is 6.61 Å². The lowest BCUT2D eigenvalue weighted by atomic mass is 10.1. The smallest absolute Gasteiger partial charge is 0.122 e. The molecule has 1 heterocycles. The lowest BCUT2D eigenvalue weighted by molar-refractivity contribution is 0.307. The van der Waals surface area contributed by atoms with Crippen LogP contribution in [0.1, 0.15) is 17.5 Å². The van der Waals surface area contributed by atoms with Crippen LogP contribution in [0.25, 0.3) is 5.76 Å². The molecule has 0 unspecified atom stereocenters. The monoisotopic (exact) mass is 160 g/mol. The molecule has 1 aromatic carbocycles. The third kappa shape index (κ3) is 1.35. The van der Waals surface area contributed by atoms with Crippen LogP contribution < -0.4 is 0 Å². The lowest BCUT2D eigenvalue weighted by Gasteiger charge is -2.03. The molecule has 0 saturated carbocycles. The molecular weight excluding hydrogens is 148 g/mol. The van der Waals surface area contributed by atoms with Crippen molar-refractivity contribution >= 4 is 5.76 Å². The Kier molecular flexibility index (Phi) is 1.86. The number of aryl methyl sites for hydroxylation is 1. The Bertz CT molecular complexity index is 295. The van der Waals surface area contributed by atoms with Crippen LogP contribution in [0.15, 0.2) is 30.3 Å². The predicted molar refractivity (Wildman–Crippen MR) is 49.7 cm³/mol. The molecule has 62 valence electrons. The van der Waals surface area contributed by atoms with Gasteiger partial charge in [0.1, 0.15) is 5.76 Å². The quantitative estimate of drug-likeness (QED) is 0.613. The van der Waals surface area contributed by atoms with Gasteiger partial charge >= 0.3 is 0 Å². The molecule has 2 rings (SSSR count). The van der Waals surface area contributed by atoms with E-state index >= 15 is 0 Å². The predicted octanol–water partition coefficient (Wildman–Crippen LogP) is 2.76. The fourth-order valence-electron chi connectivity index (χ4n) is 1.34. The molecule has 0 aromatic heterocycles. The topological polar surface area (TPSA) is 9.23 Å². The Hall–Kier alpha value is -1.24. The molecule has 0 spiro atoms. The van der Waals surface area contributed by atoms with Crippen molar-refractivity contribution in [1.82, 2.24) is 0 Å². The van der Waals surface area contributed by atoms with E-state index in [0.29, 0.717) is 0 Å². The maximum Gasteiger partial charge on any atom is 0.122 e. The van der Waals surface area contributed by atoms with Crippen molar-refractivity contribution in [3.05, 3.63) is 41.5 Å². The highest BCUT2D eigenvalue weighted by Gasteiger charge is 2.06. The summed E-state index contributed by atoms with van der Waals surface area (Å²) >= 11 is 0. The first kappa shape index (κ1) is 7.41. The van der Waals surface area contributed by atoms with Gasteiger partial charge in [-0.3, -0.25) is 0 Å². The van der Waals surface area contributed by atoms with Gasteiger partial charge in [-0.05, 0) is 13.0 Å². The summed E-state index contributed by atoms with van der Waals surface area (Å²) in [5.41, 5.74) is 2.48. The van der Waals surface area contributed by atoms with Gasteiger partial charge in [0.25, 0.3) is 0 Å². The highest BCUT2D eigenvalue weighted by Crippen LogP contribution is 2.21. The molecule has 0 aliphatic carbocycles. The van der Waals surface area contributed by atoms with Gasteiger partial charge in [0.2, 0.25) is 0 Å². The standard InChI is InChI=1S/C11H12O/c1-9-4-6-10(7-5-9)11-3-2-8-12-11/h3-7H,2,8H2,1H3. The summed E-state index contributed by atoms with van der Waals surface area (Å²) in [5.74, 6) is 1.04. The number of hydrogen-bond donors (Lipinski definition) is 0. The van der Waals surface area contributed by atoms with E-state index in [0.717, 1.165) is 18.8 Å². The zero-order valence-electron chi connectivity index (χ0n) is 7.21. The van der Waals surface area contributed by atoms with Crippen molar-refractivity contribution in [3.8, 4) is 0 Å². The lowest BCUT2D eigenvalue weighted by Crippen LogP contribution is -1.85. The summed E-state index contributed by atoms with van der Waals surface area (Å²) in [7, 11) is 0. The third-order valence-corrected chi connectivity index (χ3v) is 2.04. The summed E-state index contributed by atoms with van der Waals surface area (Å²) in [4.78, 5) is 0. The van der Waals surface area contributed by atoms with E-state index in [2.05, 4.69) is 37.3 Å². The first-order valence-electron chi connectivity index (χ1n) is 4.26. The second-order valence-electron chi connectivity index (χ2n) is 3.07. The Labute approximate surface area is 72.7 Å². The second-order valence-corrected chi connectivity index (χ2v) is 3.07. The average Bonchev–Trinajstić information content (AvgIpc) is 2.58. The van der Waals surface area contributed by atoms with Crippen LogP contribution in [-0.4, -0.2) is 6.61 Å². The van der Waals surface area contributed by atoms with Crippen molar-refractivity contribution in [3.63, 3.8) is 0 Å². The SMILES string of the molecule is Cc1ccc(C2=CCCO2)cc1. The van der Waals surface area contributed by atoms with Crippen LogP contribution in [-0.2, 0) is 4.74 Å². The number of benzene rings is 1. The molecule has 1 nitrogen and oxygen atoms in total. The van der Waals surface area contributed by atoms with E-state index in [1.807, 2.05) is 0 Å². The molecule has 12 heavy (non-hydrogen) atoms. The second kappa shape index (κ2) is 3.02. The van der Waals surface area contributed by atoms with E-state index in [9.17, 15) is 0 Å². The molecule has 1 aliphatic heterocycles. The summed E-state index contributed by atoms with van der Waals surface area (Å²) in [5, 5.41) is 0. The number of ether oxygens (including phenoxy) is 1. The molecule has 0 amide bonds. The molecule has 0 fully saturated rings. The van der Waals surface area contributed by atoms with Crippen LogP contribution in [0.5, 0.6) is 0 Å². The van der Waals surface area contributed by atoms with Gasteiger partial charge in [0.15, 0.2) is 0 Å². The minimum Gasteiger partial charge on any atom is -0.493 e. The molecule has 0 N–H and O–H groups in total. The van der Waals surface area contributed by atoms with Crippen molar-refractivity contribution < 1.29 is 4.74 Å². The van der Waals surface area contributed by atoms with Crippen LogP contribution in [0.2, 0.25) is 0 Å². The van der Waals surface area contributed by atoms with Crippen molar-refractivity contribution in [1.29, 1.82) is 0 Å². The fraction of sp³-hybridized carbons (Fsp3) is 0.273. The first-order chi connectivity index (χ1) is 5.86. The summed E-state index contributed by atoms with van der Waals surface area (Å²) < 4.78 is 5.44. The van der Waals surface area contributed by atoms with Crippen LogP contribution in [0.3, 0.4) is 0 Å². The van der Waals surface area contributed by atoms with E-state index in [1.54, 1.807) is 0 Å². The van der Waals surface area contributed by atoms with E-state index in [1.165, 1.54) is 11.1 Å². The Morgan fingerprint density at radius 1 is 1.17 bits per heavy atom. The van der Waals surface area contributed by atoms with Crippen molar-refractivity contribution in [2.45, 2.75) is 13.3 Å². The van der Waals surface area contributed by atoms with Gasteiger partial charge < -0.3 is 4.74 Å². The van der Waals surface area contributed by atoms with Crippen LogP contribution >= 0.6 is 0 Å². The maximum absolute atomic E-state index is 5.44. The molecule has 0 bridgehead atoms. The Morgan fingerprint density at radius 2 is 1.92 bits per heavy atom. The van der Waals surface area contributed by atoms with Gasteiger partial charge in [-0.2, -0.15) is 0 Å².